The van der Waals surface area contributed by atoms with Crippen molar-refractivity contribution in [2.75, 3.05) is 45.8 Å². The molecule has 0 aromatic rings. The molecule has 2 heterocycles. The fourth-order valence-corrected chi connectivity index (χ4v) is 3.04. The molecule has 0 aliphatic carbocycles. The van der Waals surface area contributed by atoms with Crippen molar-refractivity contribution in [2.24, 2.45) is 11.3 Å². The highest BCUT2D eigenvalue weighted by Crippen LogP contribution is 2.26. The standard InChI is InChI=1S/C14H27N3O/c1-12(2)13(18)17-8-6-16(7-9-17)11-14(3)4-5-15-10-14/h12,15H,4-11H2,1-3H3. The lowest BCUT2D eigenvalue weighted by molar-refractivity contribution is -0.136. The summed E-state index contributed by atoms with van der Waals surface area (Å²) in [7, 11) is 0. The van der Waals surface area contributed by atoms with Crippen molar-refractivity contribution < 1.29 is 4.79 Å². The van der Waals surface area contributed by atoms with E-state index in [0.717, 1.165) is 39.3 Å². The van der Waals surface area contributed by atoms with Crippen LogP contribution in [0, 0.1) is 11.3 Å². The Hall–Kier alpha value is -0.610. The van der Waals surface area contributed by atoms with Crippen LogP contribution < -0.4 is 5.32 Å². The third-order valence-corrected chi connectivity index (χ3v) is 4.24. The molecule has 0 aromatic heterocycles. The molecule has 2 aliphatic rings. The van der Waals surface area contributed by atoms with Gasteiger partial charge >= 0.3 is 0 Å². The Bertz CT molecular complexity index is 289. The molecular formula is C14H27N3O. The Morgan fingerprint density at radius 1 is 1.28 bits per heavy atom. The molecule has 1 unspecified atom stereocenters. The van der Waals surface area contributed by atoms with Crippen molar-refractivity contribution >= 4 is 5.91 Å². The van der Waals surface area contributed by atoms with E-state index in [9.17, 15) is 4.79 Å². The highest BCUT2D eigenvalue weighted by molar-refractivity contribution is 5.78. The molecule has 0 spiro atoms. The summed E-state index contributed by atoms with van der Waals surface area (Å²) < 4.78 is 0. The molecular weight excluding hydrogens is 226 g/mol. The molecule has 2 rings (SSSR count). The van der Waals surface area contributed by atoms with Crippen LogP contribution in [0.5, 0.6) is 0 Å². The minimum absolute atomic E-state index is 0.132. The second-order valence-corrected chi connectivity index (χ2v) is 6.49. The number of hydrogen-bond acceptors (Lipinski definition) is 3. The van der Waals surface area contributed by atoms with Gasteiger partial charge in [0.25, 0.3) is 0 Å². The SMILES string of the molecule is CC(C)C(=O)N1CCN(CC2(C)CCNC2)CC1. The molecule has 0 bridgehead atoms. The smallest absolute Gasteiger partial charge is 0.225 e. The zero-order valence-corrected chi connectivity index (χ0v) is 12.0. The number of amides is 1. The van der Waals surface area contributed by atoms with Crippen molar-refractivity contribution in [3.05, 3.63) is 0 Å². The van der Waals surface area contributed by atoms with Gasteiger partial charge < -0.3 is 10.2 Å². The Kier molecular flexibility index (Phi) is 4.28. The highest BCUT2D eigenvalue weighted by atomic mass is 16.2. The van der Waals surface area contributed by atoms with Crippen LogP contribution in [-0.4, -0.2) is 61.5 Å². The number of hydrogen-bond donors (Lipinski definition) is 1. The Morgan fingerprint density at radius 2 is 1.94 bits per heavy atom. The van der Waals surface area contributed by atoms with Crippen LogP contribution in [-0.2, 0) is 4.79 Å². The number of nitrogens with one attached hydrogen (secondary N) is 1. The fraction of sp³-hybridized carbons (Fsp3) is 0.929. The summed E-state index contributed by atoms with van der Waals surface area (Å²) in [5.74, 6) is 0.441. The second-order valence-electron chi connectivity index (χ2n) is 6.49. The average Bonchev–Trinajstić information content (AvgIpc) is 2.76. The van der Waals surface area contributed by atoms with Gasteiger partial charge in [0.15, 0.2) is 0 Å². The lowest BCUT2D eigenvalue weighted by Crippen LogP contribution is -2.52. The van der Waals surface area contributed by atoms with Crippen molar-refractivity contribution in [3.8, 4) is 0 Å². The van der Waals surface area contributed by atoms with Gasteiger partial charge in [-0.05, 0) is 18.4 Å². The van der Waals surface area contributed by atoms with E-state index in [4.69, 9.17) is 0 Å². The molecule has 18 heavy (non-hydrogen) atoms. The van der Waals surface area contributed by atoms with E-state index in [1.54, 1.807) is 0 Å². The van der Waals surface area contributed by atoms with Crippen LogP contribution in [0.25, 0.3) is 0 Å². The number of rotatable bonds is 3. The maximum atomic E-state index is 11.9. The third-order valence-electron chi connectivity index (χ3n) is 4.24. The van der Waals surface area contributed by atoms with Crippen molar-refractivity contribution in [3.63, 3.8) is 0 Å². The van der Waals surface area contributed by atoms with Crippen LogP contribution >= 0.6 is 0 Å². The summed E-state index contributed by atoms with van der Waals surface area (Å²) >= 11 is 0. The fourth-order valence-electron chi connectivity index (χ4n) is 3.04. The van der Waals surface area contributed by atoms with Gasteiger partial charge in [-0.3, -0.25) is 9.69 Å². The molecule has 1 N–H and O–H groups in total. The number of piperazine rings is 1. The van der Waals surface area contributed by atoms with E-state index in [0.29, 0.717) is 11.3 Å². The van der Waals surface area contributed by atoms with Crippen LogP contribution in [0.3, 0.4) is 0 Å². The van der Waals surface area contributed by atoms with E-state index in [1.165, 1.54) is 13.0 Å². The first-order valence-corrected chi connectivity index (χ1v) is 7.22. The minimum atomic E-state index is 0.132. The van der Waals surface area contributed by atoms with Crippen LogP contribution in [0.1, 0.15) is 27.2 Å². The summed E-state index contributed by atoms with van der Waals surface area (Å²) in [6.45, 7) is 13.7. The maximum Gasteiger partial charge on any atom is 0.225 e. The zero-order valence-electron chi connectivity index (χ0n) is 12.0. The summed E-state index contributed by atoms with van der Waals surface area (Å²) in [4.78, 5) is 16.5. The van der Waals surface area contributed by atoms with Crippen LogP contribution in [0.4, 0.5) is 0 Å². The molecule has 0 radical (unpaired) electrons. The Labute approximate surface area is 111 Å². The molecule has 1 amide bonds. The van der Waals surface area contributed by atoms with Crippen LogP contribution in [0.15, 0.2) is 0 Å². The lowest BCUT2D eigenvalue weighted by atomic mass is 9.89. The first-order chi connectivity index (χ1) is 8.50. The maximum absolute atomic E-state index is 11.9. The van der Waals surface area contributed by atoms with Gasteiger partial charge in [0.1, 0.15) is 0 Å². The largest absolute Gasteiger partial charge is 0.340 e. The van der Waals surface area contributed by atoms with Gasteiger partial charge in [0.2, 0.25) is 5.91 Å². The van der Waals surface area contributed by atoms with Gasteiger partial charge in [-0.25, -0.2) is 0 Å². The minimum Gasteiger partial charge on any atom is -0.340 e. The van der Waals surface area contributed by atoms with Crippen molar-refractivity contribution in [1.29, 1.82) is 0 Å². The summed E-state index contributed by atoms with van der Waals surface area (Å²) in [6, 6.07) is 0. The van der Waals surface area contributed by atoms with E-state index in [1.807, 2.05) is 18.7 Å². The summed E-state index contributed by atoms with van der Waals surface area (Å²) in [5, 5.41) is 3.45. The first-order valence-electron chi connectivity index (χ1n) is 7.22. The van der Waals surface area contributed by atoms with E-state index >= 15 is 0 Å². The molecule has 2 aliphatic heterocycles. The second kappa shape index (κ2) is 5.57. The highest BCUT2D eigenvalue weighted by Gasteiger charge is 2.32. The topological polar surface area (TPSA) is 35.6 Å². The molecule has 104 valence electrons. The van der Waals surface area contributed by atoms with E-state index in [2.05, 4.69) is 17.1 Å². The first kappa shape index (κ1) is 13.8. The van der Waals surface area contributed by atoms with Crippen LogP contribution in [0.2, 0.25) is 0 Å². The van der Waals surface area contributed by atoms with Gasteiger partial charge in [-0.1, -0.05) is 20.8 Å². The Morgan fingerprint density at radius 3 is 2.44 bits per heavy atom. The molecule has 1 atom stereocenters. The predicted octanol–water partition coefficient (Wildman–Crippen LogP) is 0.786. The van der Waals surface area contributed by atoms with Crippen molar-refractivity contribution in [2.45, 2.75) is 27.2 Å². The van der Waals surface area contributed by atoms with Gasteiger partial charge in [0, 0.05) is 45.2 Å². The Balaban J connectivity index is 1.78. The van der Waals surface area contributed by atoms with Gasteiger partial charge in [0.05, 0.1) is 0 Å². The molecule has 4 heteroatoms. The van der Waals surface area contributed by atoms with E-state index < -0.39 is 0 Å². The summed E-state index contributed by atoms with van der Waals surface area (Å²) in [5.41, 5.74) is 0.435. The average molecular weight is 253 g/mol. The van der Waals surface area contributed by atoms with Gasteiger partial charge in [-0.15, -0.1) is 0 Å². The van der Waals surface area contributed by atoms with Crippen molar-refractivity contribution in [1.82, 2.24) is 15.1 Å². The number of carbonyl (C=O) groups is 1. The monoisotopic (exact) mass is 253 g/mol. The zero-order chi connectivity index (χ0) is 13.2. The quantitative estimate of drug-likeness (QED) is 0.807. The lowest BCUT2D eigenvalue weighted by Gasteiger charge is -2.39. The molecule has 0 saturated carbocycles. The number of carbonyl (C=O) groups excluding carboxylic acids is 1. The molecule has 0 aromatic carbocycles. The predicted molar refractivity (Wildman–Crippen MR) is 73.5 cm³/mol. The third kappa shape index (κ3) is 3.23. The normalized spacial score (nSPS) is 30.1. The number of nitrogens with zero attached hydrogens (tertiary/aromatic N) is 2. The van der Waals surface area contributed by atoms with E-state index in [-0.39, 0.29) is 5.92 Å². The molecule has 2 saturated heterocycles. The molecule has 2 fully saturated rings. The summed E-state index contributed by atoms with van der Waals surface area (Å²) in [6.07, 6.45) is 1.28. The van der Waals surface area contributed by atoms with Gasteiger partial charge in [-0.2, -0.15) is 0 Å². The molecule has 4 nitrogen and oxygen atoms in total.